The van der Waals surface area contributed by atoms with E-state index in [0.29, 0.717) is 5.82 Å². The molecule has 1 fully saturated rings. The lowest BCUT2D eigenvalue weighted by Gasteiger charge is -2.22. The molecule has 1 aliphatic rings. The highest BCUT2D eigenvalue weighted by Crippen LogP contribution is 2.39. The van der Waals surface area contributed by atoms with Crippen LogP contribution in [0.3, 0.4) is 0 Å². The molecule has 5 nitrogen and oxygen atoms in total. The number of hydrogen-bond acceptors (Lipinski definition) is 6. The second kappa shape index (κ2) is 5.76. The monoisotopic (exact) mass is 289 g/mol. The minimum atomic E-state index is 0.619. The smallest absolute Gasteiger partial charge is 0.147 e. The lowest BCUT2D eigenvalue weighted by Crippen LogP contribution is -2.28. The van der Waals surface area contributed by atoms with E-state index < -0.39 is 0 Å². The second-order valence-electron chi connectivity index (χ2n) is 5.13. The van der Waals surface area contributed by atoms with Crippen molar-refractivity contribution >= 4 is 22.4 Å². The van der Waals surface area contributed by atoms with Crippen LogP contribution in [0.5, 0.6) is 0 Å². The van der Waals surface area contributed by atoms with Crippen molar-refractivity contribution in [3.63, 3.8) is 0 Å². The highest BCUT2D eigenvalue weighted by molar-refractivity contribution is 7.11. The number of rotatable bonds is 2. The van der Waals surface area contributed by atoms with Gasteiger partial charge >= 0.3 is 0 Å². The standard InChI is InChI=1S/C14H19N5S/c1-18-7-2-8-19(10-9-18)14-12(13(15)17-20-14)11-3-5-16-6-4-11/h3-6H,2,7-10H2,1H3,(H2,15,17). The predicted octanol–water partition coefficient (Wildman–Crippen LogP) is 1.93. The molecule has 0 aromatic carbocycles. The summed E-state index contributed by atoms with van der Waals surface area (Å²) in [6, 6.07) is 3.99. The molecule has 3 heterocycles. The first-order chi connectivity index (χ1) is 9.75. The molecule has 20 heavy (non-hydrogen) atoms. The molecule has 0 aliphatic carbocycles. The zero-order chi connectivity index (χ0) is 13.9. The summed E-state index contributed by atoms with van der Waals surface area (Å²) < 4.78 is 4.36. The van der Waals surface area contributed by atoms with Gasteiger partial charge in [0.25, 0.3) is 0 Å². The average Bonchev–Trinajstić information content (AvgIpc) is 2.71. The Balaban J connectivity index is 1.94. The van der Waals surface area contributed by atoms with E-state index in [1.807, 2.05) is 12.1 Å². The summed E-state index contributed by atoms with van der Waals surface area (Å²) in [6.45, 7) is 4.31. The average molecular weight is 289 g/mol. The molecule has 106 valence electrons. The summed E-state index contributed by atoms with van der Waals surface area (Å²) in [6.07, 6.45) is 4.77. The lowest BCUT2D eigenvalue weighted by atomic mass is 10.1. The maximum Gasteiger partial charge on any atom is 0.147 e. The highest BCUT2D eigenvalue weighted by atomic mass is 32.1. The second-order valence-corrected chi connectivity index (χ2v) is 5.88. The van der Waals surface area contributed by atoms with E-state index in [2.05, 4.69) is 26.2 Å². The van der Waals surface area contributed by atoms with Gasteiger partial charge in [0.15, 0.2) is 0 Å². The van der Waals surface area contributed by atoms with Crippen LogP contribution in [0.4, 0.5) is 10.8 Å². The van der Waals surface area contributed by atoms with Crippen molar-refractivity contribution in [1.82, 2.24) is 14.3 Å². The summed E-state index contributed by atoms with van der Waals surface area (Å²) in [5, 5.41) is 1.18. The molecule has 1 aliphatic heterocycles. The normalized spacial score (nSPS) is 17.1. The summed E-state index contributed by atoms with van der Waals surface area (Å²) in [4.78, 5) is 8.86. The Morgan fingerprint density at radius 2 is 1.95 bits per heavy atom. The molecule has 0 saturated carbocycles. The van der Waals surface area contributed by atoms with Gasteiger partial charge in [-0.25, -0.2) is 0 Å². The van der Waals surface area contributed by atoms with Gasteiger partial charge in [0, 0.05) is 32.0 Å². The van der Waals surface area contributed by atoms with Crippen LogP contribution in [0.1, 0.15) is 6.42 Å². The number of aromatic nitrogens is 2. The molecule has 6 heteroatoms. The fourth-order valence-corrected chi connectivity index (χ4v) is 3.44. The Morgan fingerprint density at radius 3 is 2.75 bits per heavy atom. The maximum absolute atomic E-state index is 6.09. The molecular weight excluding hydrogens is 270 g/mol. The van der Waals surface area contributed by atoms with Crippen molar-refractivity contribution in [2.45, 2.75) is 6.42 Å². The molecule has 0 spiro atoms. The molecule has 3 rings (SSSR count). The Bertz CT molecular complexity index is 568. The van der Waals surface area contributed by atoms with Gasteiger partial charge in [-0.05, 0) is 49.2 Å². The first-order valence-corrected chi connectivity index (χ1v) is 7.62. The number of hydrogen-bond donors (Lipinski definition) is 1. The predicted molar refractivity (Wildman–Crippen MR) is 84.1 cm³/mol. The number of nitrogen functional groups attached to an aromatic ring is 1. The van der Waals surface area contributed by atoms with Gasteiger partial charge in [0.2, 0.25) is 0 Å². The third-order valence-corrected chi connectivity index (χ3v) is 4.60. The fourth-order valence-electron chi connectivity index (χ4n) is 2.55. The van der Waals surface area contributed by atoms with Crippen LogP contribution < -0.4 is 10.6 Å². The fraction of sp³-hybridized carbons (Fsp3) is 0.429. The van der Waals surface area contributed by atoms with Crippen LogP contribution in [0.15, 0.2) is 24.5 Å². The van der Waals surface area contributed by atoms with Crippen LogP contribution in [0.2, 0.25) is 0 Å². The molecule has 2 aromatic rings. The van der Waals surface area contributed by atoms with E-state index >= 15 is 0 Å². The van der Waals surface area contributed by atoms with Gasteiger partial charge in [-0.2, -0.15) is 4.37 Å². The lowest BCUT2D eigenvalue weighted by molar-refractivity contribution is 0.360. The van der Waals surface area contributed by atoms with Crippen LogP contribution in [0.25, 0.3) is 11.1 Å². The Morgan fingerprint density at radius 1 is 1.15 bits per heavy atom. The van der Waals surface area contributed by atoms with Crippen LogP contribution in [-0.2, 0) is 0 Å². The van der Waals surface area contributed by atoms with Gasteiger partial charge in [-0.1, -0.05) is 0 Å². The zero-order valence-corrected chi connectivity index (χ0v) is 12.4. The number of pyridine rings is 1. The number of anilines is 2. The minimum Gasteiger partial charge on any atom is -0.382 e. The third-order valence-electron chi connectivity index (χ3n) is 3.68. The SMILES string of the molecule is CN1CCCN(c2snc(N)c2-c2ccncc2)CC1. The first-order valence-electron chi connectivity index (χ1n) is 6.85. The quantitative estimate of drug-likeness (QED) is 0.915. The molecule has 2 aromatic heterocycles. The molecule has 1 saturated heterocycles. The first kappa shape index (κ1) is 13.3. The molecule has 0 radical (unpaired) electrons. The molecule has 0 amide bonds. The van der Waals surface area contributed by atoms with Crippen molar-refractivity contribution in [3.8, 4) is 11.1 Å². The van der Waals surface area contributed by atoms with E-state index in [0.717, 1.165) is 37.3 Å². The Kier molecular flexibility index (Phi) is 3.84. The number of nitrogens with zero attached hydrogens (tertiary/aromatic N) is 4. The van der Waals surface area contributed by atoms with Crippen molar-refractivity contribution in [1.29, 1.82) is 0 Å². The van der Waals surface area contributed by atoms with Crippen LogP contribution in [-0.4, -0.2) is 47.5 Å². The van der Waals surface area contributed by atoms with E-state index in [-0.39, 0.29) is 0 Å². The summed E-state index contributed by atoms with van der Waals surface area (Å²) in [5.41, 5.74) is 8.24. The van der Waals surface area contributed by atoms with Gasteiger partial charge in [0.1, 0.15) is 10.8 Å². The molecule has 0 bridgehead atoms. The molecular formula is C14H19N5S. The Hall–Kier alpha value is -1.66. The summed E-state index contributed by atoms with van der Waals surface area (Å²) in [5.74, 6) is 0.619. The maximum atomic E-state index is 6.09. The van der Waals surface area contributed by atoms with Crippen LogP contribution in [0, 0.1) is 0 Å². The van der Waals surface area contributed by atoms with Crippen molar-refractivity contribution in [2.75, 3.05) is 43.9 Å². The van der Waals surface area contributed by atoms with Crippen LogP contribution >= 0.6 is 11.5 Å². The van der Waals surface area contributed by atoms with Gasteiger partial charge in [0.05, 0.1) is 5.56 Å². The van der Waals surface area contributed by atoms with E-state index in [9.17, 15) is 0 Å². The molecule has 2 N–H and O–H groups in total. The Labute approximate surface area is 123 Å². The largest absolute Gasteiger partial charge is 0.382 e. The van der Waals surface area contributed by atoms with Gasteiger partial charge < -0.3 is 15.5 Å². The van der Waals surface area contributed by atoms with Gasteiger partial charge in [-0.3, -0.25) is 4.98 Å². The van der Waals surface area contributed by atoms with E-state index in [4.69, 9.17) is 5.73 Å². The van der Waals surface area contributed by atoms with Crippen molar-refractivity contribution in [2.24, 2.45) is 0 Å². The van der Waals surface area contributed by atoms with E-state index in [1.54, 1.807) is 12.4 Å². The topological polar surface area (TPSA) is 58.3 Å². The van der Waals surface area contributed by atoms with Crippen molar-refractivity contribution in [3.05, 3.63) is 24.5 Å². The molecule has 0 atom stereocenters. The summed E-state index contributed by atoms with van der Waals surface area (Å²) >= 11 is 1.50. The summed E-state index contributed by atoms with van der Waals surface area (Å²) in [7, 11) is 2.17. The minimum absolute atomic E-state index is 0.619. The van der Waals surface area contributed by atoms with Gasteiger partial charge in [-0.15, -0.1) is 0 Å². The van der Waals surface area contributed by atoms with E-state index in [1.165, 1.54) is 23.0 Å². The number of nitrogens with two attached hydrogens (primary N) is 1. The zero-order valence-electron chi connectivity index (χ0n) is 11.6. The van der Waals surface area contributed by atoms with Crippen molar-refractivity contribution < 1.29 is 0 Å². The highest BCUT2D eigenvalue weighted by Gasteiger charge is 2.21. The number of likely N-dealkylation sites (N-methyl/N-ethyl adjacent to an activating group) is 1. The third kappa shape index (κ3) is 2.62. The molecule has 0 unspecified atom stereocenters.